The zero-order valence-corrected chi connectivity index (χ0v) is 16.2. The van der Waals surface area contributed by atoms with Gasteiger partial charge in [0.05, 0.1) is 10.5 Å². The van der Waals surface area contributed by atoms with Gasteiger partial charge in [-0.1, -0.05) is 24.2 Å². The molecule has 8 heteroatoms. The first-order valence-corrected chi connectivity index (χ1v) is 10.6. The van der Waals surface area contributed by atoms with Gasteiger partial charge in [0.2, 0.25) is 15.8 Å². The highest BCUT2D eigenvalue weighted by Gasteiger charge is 2.31. The molecule has 0 spiro atoms. The van der Waals surface area contributed by atoms with Crippen molar-refractivity contribution in [2.45, 2.75) is 24.7 Å². The smallest absolute Gasteiger partial charge is 0.259 e. The Labute approximate surface area is 163 Å². The van der Waals surface area contributed by atoms with E-state index in [4.69, 9.17) is 4.52 Å². The maximum atomic E-state index is 13.2. The van der Waals surface area contributed by atoms with Crippen LogP contribution >= 0.6 is 0 Å². The molecule has 0 bridgehead atoms. The van der Waals surface area contributed by atoms with Crippen molar-refractivity contribution in [2.24, 2.45) is 5.92 Å². The van der Waals surface area contributed by atoms with Crippen LogP contribution in [0.25, 0.3) is 22.8 Å². The third-order valence-corrected chi connectivity index (χ3v) is 6.81. The van der Waals surface area contributed by atoms with Crippen molar-refractivity contribution in [1.82, 2.24) is 14.4 Å². The van der Waals surface area contributed by atoms with Crippen LogP contribution in [0.4, 0.5) is 4.39 Å². The number of benzene rings is 2. The Morgan fingerprint density at radius 3 is 2.64 bits per heavy atom. The molecular formula is C20H20FN3O3S. The first-order valence-electron chi connectivity index (χ1n) is 9.14. The Balaban J connectivity index is 1.72. The highest BCUT2D eigenvalue weighted by molar-refractivity contribution is 7.89. The molecule has 2 aromatic carbocycles. The number of nitrogens with zero attached hydrogens (tertiary/aromatic N) is 3. The Morgan fingerprint density at radius 1 is 1.14 bits per heavy atom. The lowest BCUT2D eigenvalue weighted by Crippen LogP contribution is -2.39. The van der Waals surface area contributed by atoms with Crippen LogP contribution in [0.15, 0.2) is 57.9 Å². The molecule has 6 nitrogen and oxygen atoms in total. The van der Waals surface area contributed by atoms with Crippen LogP contribution in [-0.4, -0.2) is 36.0 Å². The van der Waals surface area contributed by atoms with Gasteiger partial charge in [0.15, 0.2) is 0 Å². The summed E-state index contributed by atoms with van der Waals surface area (Å²) >= 11 is 0. The second-order valence-electron chi connectivity index (χ2n) is 7.04. The van der Waals surface area contributed by atoms with E-state index in [-0.39, 0.29) is 22.4 Å². The lowest BCUT2D eigenvalue weighted by molar-refractivity contribution is 0.281. The number of sulfonamides is 1. The molecule has 4 rings (SSSR count). The average molecular weight is 401 g/mol. The summed E-state index contributed by atoms with van der Waals surface area (Å²) in [6, 6.07) is 12.3. The molecule has 146 valence electrons. The molecule has 1 fully saturated rings. The highest BCUT2D eigenvalue weighted by Crippen LogP contribution is 2.31. The van der Waals surface area contributed by atoms with Crippen LogP contribution in [0, 0.1) is 11.7 Å². The highest BCUT2D eigenvalue weighted by atomic mass is 32.2. The third kappa shape index (κ3) is 3.57. The van der Waals surface area contributed by atoms with Gasteiger partial charge < -0.3 is 4.52 Å². The van der Waals surface area contributed by atoms with Crippen LogP contribution in [0.2, 0.25) is 0 Å². The normalized spacial score (nSPS) is 18.3. The van der Waals surface area contributed by atoms with Crippen LogP contribution < -0.4 is 0 Å². The molecule has 3 aromatic rings. The molecule has 1 saturated heterocycles. The van der Waals surface area contributed by atoms with Crippen molar-refractivity contribution >= 4 is 10.0 Å². The fourth-order valence-corrected chi connectivity index (χ4v) is 5.20. The monoisotopic (exact) mass is 401 g/mol. The zero-order valence-electron chi connectivity index (χ0n) is 15.4. The molecule has 1 aliphatic heterocycles. The molecule has 2 heterocycles. The summed E-state index contributed by atoms with van der Waals surface area (Å²) in [4.78, 5) is 4.48. The lowest BCUT2D eigenvalue weighted by Gasteiger charge is -2.30. The van der Waals surface area contributed by atoms with E-state index in [0.717, 1.165) is 12.8 Å². The van der Waals surface area contributed by atoms with Gasteiger partial charge in [-0.15, -0.1) is 0 Å². The number of hydrogen-bond acceptors (Lipinski definition) is 5. The number of hydrogen-bond donors (Lipinski definition) is 0. The van der Waals surface area contributed by atoms with Gasteiger partial charge in [0.1, 0.15) is 5.82 Å². The third-order valence-electron chi connectivity index (χ3n) is 4.88. The summed E-state index contributed by atoms with van der Waals surface area (Å²) in [6.45, 7) is 3.06. The summed E-state index contributed by atoms with van der Waals surface area (Å²) in [6.07, 6.45) is 1.87. The van der Waals surface area contributed by atoms with Gasteiger partial charge >= 0.3 is 0 Å². The Hall–Kier alpha value is -2.58. The maximum Gasteiger partial charge on any atom is 0.259 e. The zero-order chi connectivity index (χ0) is 19.7. The summed E-state index contributed by atoms with van der Waals surface area (Å²) in [5, 5.41) is 3.92. The number of halogens is 1. The number of aromatic nitrogens is 2. The van der Waals surface area contributed by atoms with Gasteiger partial charge in [-0.3, -0.25) is 0 Å². The minimum Gasteiger partial charge on any atom is -0.334 e. The van der Waals surface area contributed by atoms with Gasteiger partial charge in [-0.05, 0) is 55.2 Å². The summed E-state index contributed by atoms with van der Waals surface area (Å²) in [5.74, 6) is 0.348. The van der Waals surface area contributed by atoms with Crippen LogP contribution in [0.1, 0.15) is 19.8 Å². The number of piperidine rings is 1. The van der Waals surface area contributed by atoms with Crippen molar-refractivity contribution in [2.75, 3.05) is 13.1 Å². The first kappa shape index (κ1) is 18.8. The molecule has 0 aliphatic carbocycles. The van der Waals surface area contributed by atoms with E-state index in [1.807, 2.05) is 0 Å². The van der Waals surface area contributed by atoms with E-state index in [1.165, 1.54) is 16.4 Å². The minimum absolute atomic E-state index is 0.114. The average Bonchev–Trinajstić information content (AvgIpc) is 3.18. The van der Waals surface area contributed by atoms with E-state index >= 15 is 0 Å². The Kier molecular flexibility index (Phi) is 4.99. The molecule has 0 amide bonds. The molecule has 28 heavy (non-hydrogen) atoms. The fourth-order valence-electron chi connectivity index (χ4n) is 3.42. The van der Waals surface area contributed by atoms with E-state index in [9.17, 15) is 12.8 Å². The Morgan fingerprint density at radius 2 is 1.89 bits per heavy atom. The molecule has 1 atom stereocenters. The van der Waals surface area contributed by atoms with Gasteiger partial charge in [-0.25, -0.2) is 12.8 Å². The van der Waals surface area contributed by atoms with Crippen LogP contribution in [0.3, 0.4) is 0 Å². The van der Waals surface area contributed by atoms with E-state index in [1.54, 1.807) is 36.4 Å². The molecule has 1 aromatic heterocycles. The van der Waals surface area contributed by atoms with Crippen molar-refractivity contribution in [1.29, 1.82) is 0 Å². The van der Waals surface area contributed by atoms with Crippen molar-refractivity contribution < 1.29 is 17.3 Å². The SMILES string of the molecule is C[C@@H]1CCCN(S(=O)(=O)c2ccccc2-c2nc(-c3ccc(F)cc3)no2)C1. The molecule has 1 aliphatic rings. The standard InChI is InChI=1S/C20H20FN3O3S/c1-14-5-4-12-24(13-14)28(25,26)18-7-3-2-6-17(18)20-22-19(23-27-20)15-8-10-16(21)11-9-15/h2-3,6-11,14H,4-5,12-13H2,1H3/t14-/m1/s1. The van der Waals surface area contributed by atoms with Crippen LogP contribution in [0.5, 0.6) is 0 Å². The lowest BCUT2D eigenvalue weighted by atomic mass is 10.0. The van der Waals surface area contributed by atoms with Crippen molar-refractivity contribution in [3.63, 3.8) is 0 Å². The minimum atomic E-state index is -3.68. The summed E-state index contributed by atoms with van der Waals surface area (Å²) < 4.78 is 46.5. The summed E-state index contributed by atoms with van der Waals surface area (Å²) in [5.41, 5.74) is 0.947. The fraction of sp³-hybridized carbons (Fsp3) is 0.300. The van der Waals surface area contributed by atoms with E-state index < -0.39 is 10.0 Å². The largest absolute Gasteiger partial charge is 0.334 e. The maximum absolute atomic E-state index is 13.2. The van der Waals surface area contributed by atoms with Gasteiger partial charge in [0.25, 0.3) is 5.89 Å². The molecular weight excluding hydrogens is 381 g/mol. The molecule has 0 N–H and O–H groups in total. The predicted molar refractivity (Wildman–Crippen MR) is 102 cm³/mol. The Bertz CT molecular complexity index is 1080. The molecule has 0 radical (unpaired) electrons. The van der Waals surface area contributed by atoms with E-state index in [2.05, 4.69) is 17.1 Å². The van der Waals surface area contributed by atoms with Gasteiger partial charge in [-0.2, -0.15) is 9.29 Å². The molecule has 0 unspecified atom stereocenters. The topological polar surface area (TPSA) is 76.3 Å². The van der Waals surface area contributed by atoms with Crippen molar-refractivity contribution in [3.05, 3.63) is 54.3 Å². The predicted octanol–water partition coefficient (Wildman–Crippen LogP) is 3.96. The van der Waals surface area contributed by atoms with Gasteiger partial charge in [0, 0.05) is 18.7 Å². The quantitative estimate of drug-likeness (QED) is 0.661. The summed E-state index contributed by atoms with van der Waals surface area (Å²) in [7, 11) is -3.68. The second kappa shape index (κ2) is 7.44. The first-order chi connectivity index (χ1) is 13.4. The number of rotatable bonds is 4. The van der Waals surface area contributed by atoms with Crippen molar-refractivity contribution in [3.8, 4) is 22.8 Å². The molecule has 0 saturated carbocycles. The van der Waals surface area contributed by atoms with Crippen LogP contribution in [-0.2, 0) is 10.0 Å². The van der Waals surface area contributed by atoms with E-state index in [0.29, 0.717) is 30.1 Å². The second-order valence-corrected chi connectivity index (χ2v) is 8.94.